The Morgan fingerprint density at radius 1 is 0.694 bits per heavy atom. The molecule has 6 aliphatic heterocycles. The van der Waals surface area contributed by atoms with Crippen molar-refractivity contribution in [2.75, 3.05) is 102 Å². The van der Waals surface area contributed by atoms with Crippen LogP contribution >= 0.6 is 0 Å². The molecule has 6 heterocycles. The second-order valence-electron chi connectivity index (χ2n) is 33.4. The van der Waals surface area contributed by atoms with Crippen LogP contribution in [0.1, 0.15) is 215 Å². The van der Waals surface area contributed by atoms with Crippen molar-refractivity contribution in [3.63, 3.8) is 0 Å². The standard InChI is InChI=1S/C79H131F3N12O14/c1-15-51(4)66-74(104)88(9)48-65(97)90(11)59-32-22-19-25-41-93(73(59)103)62-43-54-35-33-52(34-36-54)27-20-18-21-31-58(68(98)84-66)89(10)64(96)45-61(71(101)86(7)16-2)91(12)75(105)67(55-29-23-24-30-55)92(13)76(106)78(49-77(5,6)50-78)85-69(99)60-44-56(108-17-3)46-94(60)70(100)57(83-63(95)47-87(8)72(62)102)38-37-53(39-42-107-14)28-26-40-79(80,81)82/h19,22,51-62,66-67,69,85,99H,15-18,20-21,23-50H2,1-14H3,(H,83,95)(H,84,98)/b22-19-/t51-,52?,53?,54?,56+,57-,58-,59-,60-,61-,62-,66-,67-,69?/m0/s1. The van der Waals surface area contributed by atoms with Crippen molar-refractivity contribution in [3.8, 4) is 0 Å². The number of nitrogens with one attached hydrogen (secondary N) is 3. The normalized spacial score (nSPS) is 30.5. The summed E-state index contributed by atoms with van der Waals surface area (Å²) in [5.74, 6) is -7.72. The van der Waals surface area contributed by atoms with Crippen molar-refractivity contribution in [3.05, 3.63) is 12.2 Å². The Balaban J connectivity index is 1.39. The van der Waals surface area contributed by atoms with Gasteiger partial charge in [-0.15, -0.1) is 0 Å². The average molecular weight is 1530 g/mol. The fourth-order valence-electron chi connectivity index (χ4n) is 18.2. The molecule has 4 N–H and O–H groups in total. The van der Waals surface area contributed by atoms with Gasteiger partial charge in [0.25, 0.3) is 0 Å². The molecule has 5 saturated heterocycles. The molecule has 9 rings (SSSR count). The van der Waals surface area contributed by atoms with E-state index < -0.39 is 186 Å². The lowest BCUT2D eigenvalue weighted by atomic mass is 9.58. The molecule has 26 nitrogen and oxygen atoms in total. The van der Waals surface area contributed by atoms with E-state index in [9.17, 15) is 32.7 Å². The van der Waals surface area contributed by atoms with Gasteiger partial charge >= 0.3 is 6.18 Å². The summed E-state index contributed by atoms with van der Waals surface area (Å²) in [6, 6.07) is -9.76. The molecule has 0 aromatic rings. The monoisotopic (exact) mass is 1530 g/mol. The molecule has 8 fully saturated rings. The SMILES string of the molecule is CCO[C@@H]1C[C@H]2C(O)NC3(CC(C)(C)C3)C(=O)N(C)[C@@H](C3CCCC3)C(=O)N(C)[C@H](C(=O)N(C)CC)CC(=O)N(C)[C@H]3CCCCCC4CCC(CC4)C[C@@H](C(=O)N(C)CC(=O)N[C@@H](CCC(CCCC(F)(F)F)CCOC)C(=O)N2C1)N1CC/C=C\C[C@@H](C1=O)N(C)C(=O)CN(C)C(=O)[C@H]([C@@H](C)CC)NC3=O. The fourth-order valence-corrected chi connectivity index (χ4v) is 18.2. The first-order valence-electron chi connectivity index (χ1n) is 40.3. The maximum absolute atomic E-state index is 15.9. The number of fused-ring (bicyclic) bond motifs is 22. The Bertz CT molecular complexity index is 3100. The molecule has 0 aromatic heterocycles. The highest BCUT2D eigenvalue weighted by Crippen LogP contribution is 2.50. The predicted molar refractivity (Wildman–Crippen MR) is 401 cm³/mol. The quantitative estimate of drug-likeness (QED) is 0.0930. The Morgan fingerprint density at radius 2 is 1.33 bits per heavy atom. The van der Waals surface area contributed by atoms with E-state index in [4.69, 9.17) is 9.47 Å². The van der Waals surface area contributed by atoms with Gasteiger partial charge in [0, 0.05) is 95.7 Å². The van der Waals surface area contributed by atoms with Crippen molar-refractivity contribution in [2.45, 2.75) is 287 Å². The van der Waals surface area contributed by atoms with E-state index in [1.807, 2.05) is 26.8 Å². The zero-order chi connectivity index (χ0) is 79.7. The number of halogens is 3. The maximum Gasteiger partial charge on any atom is 0.389 e. The van der Waals surface area contributed by atoms with Crippen LogP contribution in [0.25, 0.3) is 0 Å². The summed E-state index contributed by atoms with van der Waals surface area (Å²) < 4.78 is 52.7. The number of hydrogen-bond acceptors (Lipinski definition) is 15. The predicted octanol–water partition coefficient (Wildman–Crippen LogP) is 6.65. The third-order valence-electron chi connectivity index (χ3n) is 24.9. The lowest BCUT2D eigenvalue weighted by Crippen LogP contribution is -2.72. The number of hydrogen-bond donors (Lipinski definition) is 4. The van der Waals surface area contributed by atoms with Gasteiger partial charge < -0.3 is 69.3 Å². The Morgan fingerprint density at radius 3 is 1.96 bits per heavy atom. The second kappa shape index (κ2) is 40.1. The van der Waals surface area contributed by atoms with E-state index in [0.29, 0.717) is 50.9 Å². The van der Waals surface area contributed by atoms with Gasteiger partial charge in [-0.1, -0.05) is 117 Å². The van der Waals surface area contributed by atoms with Gasteiger partial charge in [-0.05, 0) is 132 Å². The van der Waals surface area contributed by atoms with E-state index in [1.165, 1.54) is 93.5 Å². The van der Waals surface area contributed by atoms with Gasteiger partial charge in [0.1, 0.15) is 54.1 Å². The minimum absolute atomic E-state index is 0.0500. The molecular formula is C79H131F3N12O14. The molecule has 0 aromatic carbocycles. The van der Waals surface area contributed by atoms with Gasteiger partial charge in [0.2, 0.25) is 65.0 Å². The van der Waals surface area contributed by atoms with Crippen LogP contribution in [-0.2, 0) is 62.2 Å². The molecule has 9 aliphatic rings. The molecule has 11 amide bonds. The molecule has 12 atom stereocenters. The van der Waals surface area contributed by atoms with Gasteiger partial charge in [-0.2, -0.15) is 13.2 Å². The molecule has 29 heteroatoms. The summed E-state index contributed by atoms with van der Waals surface area (Å²) >= 11 is 0. The summed E-state index contributed by atoms with van der Waals surface area (Å²) in [4.78, 5) is 181. The lowest BCUT2D eigenvalue weighted by Gasteiger charge is -2.55. The van der Waals surface area contributed by atoms with Crippen LogP contribution in [0.3, 0.4) is 0 Å². The first kappa shape index (κ1) is 88.8. The van der Waals surface area contributed by atoms with Crippen LogP contribution in [0.2, 0.25) is 0 Å². The molecular weight excluding hydrogens is 1400 g/mol. The lowest BCUT2D eigenvalue weighted by molar-refractivity contribution is -0.162. The summed E-state index contributed by atoms with van der Waals surface area (Å²) in [5.41, 5.74) is -2.03. The van der Waals surface area contributed by atoms with Crippen molar-refractivity contribution in [2.24, 2.45) is 35.0 Å². The van der Waals surface area contributed by atoms with Crippen molar-refractivity contribution < 1.29 is 80.5 Å². The van der Waals surface area contributed by atoms with E-state index in [2.05, 4.69) is 16.0 Å². The van der Waals surface area contributed by atoms with Crippen LogP contribution in [-0.4, -0.2) is 289 Å². The topological polar surface area (TPSA) is 292 Å². The summed E-state index contributed by atoms with van der Waals surface area (Å²) in [7, 11) is 11.9. The number of carbonyl (C=O) groups is 11. The number of nitrogens with zero attached hydrogens (tertiary/aromatic N) is 9. The zero-order valence-corrected chi connectivity index (χ0v) is 67.3. The minimum Gasteiger partial charge on any atom is -0.385 e. The third-order valence-corrected chi connectivity index (χ3v) is 24.9. The first-order chi connectivity index (χ1) is 51.0. The number of amides is 11. The average Bonchev–Trinajstić information content (AvgIpc) is 0.925. The van der Waals surface area contributed by atoms with Crippen LogP contribution in [0.5, 0.6) is 0 Å². The van der Waals surface area contributed by atoms with Gasteiger partial charge in [-0.25, -0.2) is 0 Å². The van der Waals surface area contributed by atoms with E-state index in [0.717, 1.165) is 51.4 Å². The van der Waals surface area contributed by atoms with E-state index in [1.54, 1.807) is 33.9 Å². The van der Waals surface area contributed by atoms with Crippen molar-refractivity contribution >= 4 is 65.0 Å². The number of likely N-dealkylation sites (N-methyl/N-ethyl adjacent to an activating group) is 7. The first-order valence-corrected chi connectivity index (χ1v) is 40.3. The zero-order valence-electron chi connectivity index (χ0n) is 67.3. The molecule has 0 radical (unpaired) electrons. The molecule has 2 unspecified atom stereocenters. The van der Waals surface area contributed by atoms with Crippen LogP contribution < -0.4 is 16.0 Å². The Labute approximate surface area is 639 Å². The molecule has 1 spiro atoms. The summed E-state index contributed by atoms with van der Waals surface area (Å²) in [6.07, 6.45) is 5.81. The van der Waals surface area contributed by atoms with E-state index >= 15 is 38.4 Å². The highest BCUT2D eigenvalue weighted by Gasteiger charge is 2.59. The molecule has 3 saturated carbocycles. The number of alkyl halides is 3. The van der Waals surface area contributed by atoms with Gasteiger partial charge in [-0.3, -0.25) is 58.1 Å². The largest absolute Gasteiger partial charge is 0.389 e. The van der Waals surface area contributed by atoms with E-state index in [-0.39, 0.29) is 103 Å². The number of carbonyl (C=O) groups excluding carboxylic acids is 11. The summed E-state index contributed by atoms with van der Waals surface area (Å²) in [5, 5.41) is 22.1. The summed E-state index contributed by atoms with van der Waals surface area (Å²) in [6.45, 7) is 10.6. The maximum atomic E-state index is 15.9. The smallest absolute Gasteiger partial charge is 0.385 e. The molecule has 108 heavy (non-hydrogen) atoms. The number of aliphatic hydroxyl groups is 1. The van der Waals surface area contributed by atoms with Gasteiger partial charge in [0.15, 0.2) is 0 Å². The van der Waals surface area contributed by atoms with Crippen LogP contribution in [0.4, 0.5) is 13.2 Å². The fraction of sp³-hybridized carbons (Fsp3) is 0.835. The van der Waals surface area contributed by atoms with Crippen LogP contribution in [0.15, 0.2) is 12.2 Å². The minimum atomic E-state index is -4.42. The second-order valence-corrected chi connectivity index (χ2v) is 33.4. The number of methoxy groups -OCH3 is 1. The number of rotatable bonds is 16. The van der Waals surface area contributed by atoms with Crippen LogP contribution in [0, 0.1) is 35.0 Å². The Kier molecular flexibility index (Phi) is 33.0. The number of aliphatic hydroxyl groups excluding tert-OH is 1. The Hall–Kier alpha value is -6.46. The molecule has 612 valence electrons. The third kappa shape index (κ3) is 23.1. The van der Waals surface area contributed by atoms with Gasteiger partial charge in [0.05, 0.1) is 31.7 Å². The number of ether oxygens (including phenoxy) is 2. The highest BCUT2D eigenvalue weighted by molar-refractivity contribution is 5.99. The molecule has 6 bridgehead atoms. The van der Waals surface area contributed by atoms with Crippen molar-refractivity contribution in [1.82, 2.24) is 60.0 Å². The van der Waals surface area contributed by atoms with Crippen molar-refractivity contribution in [1.29, 1.82) is 0 Å². The molecule has 3 aliphatic carbocycles. The highest BCUT2D eigenvalue weighted by atomic mass is 19.4.